The summed E-state index contributed by atoms with van der Waals surface area (Å²) >= 11 is 0. The van der Waals surface area contributed by atoms with Gasteiger partial charge in [-0.15, -0.1) is 6.58 Å². The van der Waals surface area contributed by atoms with E-state index in [0.717, 1.165) is 16.7 Å². The number of hydrogen-bond acceptors (Lipinski definition) is 2. The number of hydrogen-bond donors (Lipinski definition) is 2. The van der Waals surface area contributed by atoms with Crippen molar-refractivity contribution in [1.82, 2.24) is 0 Å². The summed E-state index contributed by atoms with van der Waals surface area (Å²) in [7, 11) is 0. The van der Waals surface area contributed by atoms with E-state index in [0.29, 0.717) is 0 Å². The Morgan fingerprint density at radius 2 is 2.07 bits per heavy atom. The largest absolute Gasteiger partial charge is 0.508 e. The summed E-state index contributed by atoms with van der Waals surface area (Å²) in [5.41, 5.74) is 2.78. The van der Waals surface area contributed by atoms with Crippen LogP contribution in [0.15, 0.2) is 24.8 Å². The van der Waals surface area contributed by atoms with Gasteiger partial charge in [-0.05, 0) is 31.0 Å². The Morgan fingerprint density at radius 1 is 1.43 bits per heavy atom. The van der Waals surface area contributed by atoms with Gasteiger partial charge >= 0.3 is 0 Å². The lowest BCUT2D eigenvalue weighted by molar-refractivity contribution is 0.281. The average molecular weight is 192 g/mol. The topological polar surface area (TPSA) is 40.5 Å². The summed E-state index contributed by atoms with van der Waals surface area (Å²) in [6.07, 6.45) is 1.65. The Balaban J connectivity index is 3.25. The molecule has 1 aromatic carbocycles. The van der Waals surface area contributed by atoms with Crippen molar-refractivity contribution in [1.29, 1.82) is 0 Å². The molecule has 1 unspecified atom stereocenters. The Labute approximate surface area is 84.5 Å². The highest BCUT2D eigenvalue weighted by Gasteiger charge is 2.14. The molecule has 1 atom stereocenters. The molecule has 0 spiro atoms. The fourth-order valence-electron chi connectivity index (χ4n) is 1.72. The first-order valence-corrected chi connectivity index (χ1v) is 4.63. The molecule has 76 valence electrons. The van der Waals surface area contributed by atoms with E-state index >= 15 is 0 Å². The third-order valence-corrected chi connectivity index (χ3v) is 2.36. The zero-order chi connectivity index (χ0) is 10.7. The van der Waals surface area contributed by atoms with Crippen LogP contribution in [0, 0.1) is 13.8 Å². The molecule has 0 radical (unpaired) electrons. The number of phenolic OH excluding ortho intramolecular Hbond substituents is 1. The van der Waals surface area contributed by atoms with Crippen LogP contribution in [0.5, 0.6) is 5.75 Å². The quantitative estimate of drug-likeness (QED) is 0.721. The maximum absolute atomic E-state index is 9.75. The number of phenols is 1. The van der Waals surface area contributed by atoms with Crippen molar-refractivity contribution in [3.8, 4) is 5.75 Å². The van der Waals surface area contributed by atoms with Crippen molar-refractivity contribution in [3.05, 3.63) is 41.5 Å². The van der Waals surface area contributed by atoms with E-state index < -0.39 is 0 Å². The molecule has 0 aliphatic carbocycles. The Bertz CT molecular complexity index is 319. The molecule has 1 rings (SSSR count). The average Bonchev–Trinajstić information content (AvgIpc) is 2.10. The Kier molecular flexibility index (Phi) is 3.31. The van der Waals surface area contributed by atoms with E-state index in [1.54, 1.807) is 12.1 Å². The van der Waals surface area contributed by atoms with Crippen molar-refractivity contribution < 1.29 is 10.2 Å². The van der Waals surface area contributed by atoms with E-state index in [1.165, 1.54) is 0 Å². The minimum absolute atomic E-state index is 0.0268. The summed E-state index contributed by atoms with van der Waals surface area (Å²) in [4.78, 5) is 0. The highest BCUT2D eigenvalue weighted by molar-refractivity contribution is 5.45. The Hall–Kier alpha value is -1.28. The molecule has 0 bridgehead atoms. The molecule has 0 saturated heterocycles. The first-order valence-electron chi connectivity index (χ1n) is 4.63. The van der Waals surface area contributed by atoms with E-state index in [1.807, 2.05) is 19.9 Å². The maximum Gasteiger partial charge on any atom is 0.119 e. The van der Waals surface area contributed by atoms with Gasteiger partial charge in [-0.25, -0.2) is 0 Å². The van der Waals surface area contributed by atoms with Crippen LogP contribution in [0.1, 0.15) is 22.6 Å². The van der Waals surface area contributed by atoms with Crippen LogP contribution in [0.3, 0.4) is 0 Å². The third-order valence-electron chi connectivity index (χ3n) is 2.36. The van der Waals surface area contributed by atoms with Gasteiger partial charge in [-0.2, -0.15) is 0 Å². The SMILES string of the molecule is C=CC(CO)c1c(C)cc(C)cc1O. The first kappa shape index (κ1) is 10.8. The summed E-state index contributed by atoms with van der Waals surface area (Å²) < 4.78 is 0. The van der Waals surface area contributed by atoms with Crippen LogP contribution in [0.4, 0.5) is 0 Å². The second-order valence-corrected chi connectivity index (χ2v) is 3.54. The lowest BCUT2D eigenvalue weighted by Crippen LogP contribution is -2.03. The summed E-state index contributed by atoms with van der Waals surface area (Å²) in [5, 5.41) is 18.9. The number of rotatable bonds is 3. The lowest BCUT2D eigenvalue weighted by atomic mass is 9.93. The molecule has 2 nitrogen and oxygen atoms in total. The molecule has 1 aromatic rings. The fraction of sp³-hybridized carbons (Fsp3) is 0.333. The van der Waals surface area contributed by atoms with Crippen molar-refractivity contribution in [2.75, 3.05) is 6.61 Å². The maximum atomic E-state index is 9.75. The van der Waals surface area contributed by atoms with Crippen LogP contribution in [-0.4, -0.2) is 16.8 Å². The zero-order valence-corrected chi connectivity index (χ0v) is 8.62. The van der Waals surface area contributed by atoms with Gasteiger partial charge in [0.2, 0.25) is 0 Å². The number of aliphatic hydroxyl groups is 1. The molecule has 0 saturated carbocycles. The van der Waals surface area contributed by atoms with Crippen LogP contribution in [0.2, 0.25) is 0 Å². The van der Waals surface area contributed by atoms with Gasteiger partial charge in [0.15, 0.2) is 0 Å². The van der Waals surface area contributed by atoms with E-state index in [9.17, 15) is 5.11 Å². The van der Waals surface area contributed by atoms with Gasteiger partial charge in [0.05, 0.1) is 6.61 Å². The molecule has 0 aliphatic rings. The number of aryl methyl sites for hydroxylation is 2. The monoisotopic (exact) mass is 192 g/mol. The van der Waals surface area contributed by atoms with Crippen LogP contribution >= 0.6 is 0 Å². The molecule has 2 N–H and O–H groups in total. The highest BCUT2D eigenvalue weighted by Crippen LogP contribution is 2.30. The van der Waals surface area contributed by atoms with E-state index in [-0.39, 0.29) is 18.3 Å². The first-order chi connectivity index (χ1) is 6.60. The number of aromatic hydroxyl groups is 1. The van der Waals surface area contributed by atoms with Gasteiger partial charge in [0, 0.05) is 11.5 Å². The van der Waals surface area contributed by atoms with Crippen LogP contribution in [0.25, 0.3) is 0 Å². The molecule has 0 heterocycles. The minimum Gasteiger partial charge on any atom is -0.508 e. The molecule has 0 aromatic heterocycles. The highest BCUT2D eigenvalue weighted by atomic mass is 16.3. The second-order valence-electron chi connectivity index (χ2n) is 3.54. The predicted molar refractivity (Wildman–Crippen MR) is 57.6 cm³/mol. The van der Waals surface area contributed by atoms with Gasteiger partial charge in [0.1, 0.15) is 5.75 Å². The third kappa shape index (κ3) is 1.96. The van der Waals surface area contributed by atoms with Crippen LogP contribution < -0.4 is 0 Å². The van der Waals surface area contributed by atoms with Crippen molar-refractivity contribution in [3.63, 3.8) is 0 Å². The minimum atomic E-state index is -0.185. The lowest BCUT2D eigenvalue weighted by Gasteiger charge is -2.15. The second kappa shape index (κ2) is 4.29. The summed E-state index contributed by atoms with van der Waals surface area (Å²) in [5.74, 6) is 0.0528. The molecule has 0 amide bonds. The molecule has 2 heteroatoms. The van der Waals surface area contributed by atoms with Gasteiger partial charge in [-0.1, -0.05) is 12.1 Å². The zero-order valence-electron chi connectivity index (χ0n) is 8.62. The molecule has 0 fully saturated rings. The molecule has 0 aliphatic heterocycles. The van der Waals surface area contributed by atoms with E-state index in [2.05, 4.69) is 6.58 Å². The normalized spacial score (nSPS) is 12.5. The van der Waals surface area contributed by atoms with Gasteiger partial charge in [0.25, 0.3) is 0 Å². The molecule has 14 heavy (non-hydrogen) atoms. The summed E-state index contributed by atoms with van der Waals surface area (Å²) in [6.45, 7) is 7.47. The smallest absolute Gasteiger partial charge is 0.119 e. The summed E-state index contributed by atoms with van der Waals surface area (Å²) in [6, 6.07) is 3.69. The van der Waals surface area contributed by atoms with Crippen LogP contribution in [-0.2, 0) is 0 Å². The van der Waals surface area contributed by atoms with Crippen molar-refractivity contribution >= 4 is 0 Å². The fourth-order valence-corrected chi connectivity index (χ4v) is 1.72. The Morgan fingerprint density at radius 3 is 2.50 bits per heavy atom. The number of aliphatic hydroxyl groups excluding tert-OH is 1. The number of benzene rings is 1. The van der Waals surface area contributed by atoms with Gasteiger partial charge < -0.3 is 10.2 Å². The van der Waals surface area contributed by atoms with Crippen molar-refractivity contribution in [2.45, 2.75) is 19.8 Å². The molecular weight excluding hydrogens is 176 g/mol. The standard InChI is InChI=1S/C12H16O2/c1-4-10(7-13)12-9(3)5-8(2)6-11(12)14/h4-6,10,13-14H,1,7H2,2-3H3. The van der Waals surface area contributed by atoms with E-state index in [4.69, 9.17) is 5.11 Å². The predicted octanol–water partition coefficient (Wildman–Crippen LogP) is 2.27. The molecular formula is C12H16O2. The van der Waals surface area contributed by atoms with Gasteiger partial charge in [-0.3, -0.25) is 0 Å². The van der Waals surface area contributed by atoms with Crippen molar-refractivity contribution in [2.24, 2.45) is 0 Å².